The quantitative estimate of drug-likeness (QED) is 0.149. The third-order valence-electron chi connectivity index (χ3n) is 5.74. The summed E-state index contributed by atoms with van der Waals surface area (Å²) in [5.41, 5.74) is 8.56. The zero-order chi connectivity index (χ0) is 25.3. The van der Waals surface area contributed by atoms with Gasteiger partial charge in [0.05, 0.1) is 35.5 Å². The number of carbonyl (C=O) groups is 2. The number of phenolic OH excluding ortho intramolecular Hbond substituents is 1. The number of nitrogens with zero attached hydrogens (tertiary/aromatic N) is 1. The van der Waals surface area contributed by atoms with Gasteiger partial charge in [-0.3, -0.25) is 15.0 Å². The number of fused-ring (bicyclic) bond motifs is 1. The highest BCUT2D eigenvalue weighted by Gasteiger charge is 2.27. The van der Waals surface area contributed by atoms with Crippen molar-refractivity contribution in [1.29, 1.82) is 5.41 Å². The molecule has 3 aromatic carbocycles. The number of carboxylic acid groups (broad SMARTS) is 2. The smallest absolute Gasteiger partial charge is 0.311 e. The molecule has 0 bridgehead atoms. The summed E-state index contributed by atoms with van der Waals surface area (Å²) in [6.07, 6.45) is -0.664. The van der Waals surface area contributed by atoms with Crippen LogP contribution in [-0.2, 0) is 16.2 Å². The molecule has 8 N–H and O–H groups in total. The Labute approximate surface area is 198 Å². The Kier molecular flexibility index (Phi) is 6.22. The van der Waals surface area contributed by atoms with Crippen molar-refractivity contribution < 1.29 is 30.0 Å². The second kappa shape index (κ2) is 9.27. The van der Waals surface area contributed by atoms with Gasteiger partial charge in [-0.05, 0) is 47.0 Å². The molecule has 0 spiro atoms. The van der Waals surface area contributed by atoms with E-state index in [0.717, 1.165) is 0 Å². The second-order valence-electron chi connectivity index (χ2n) is 8.00. The number of imidazole rings is 1. The van der Waals surface area contributed by atoms with Crippen LogP contribution in [0.5, 0.6) is 5.75 Å². The van der Waals surface area contributed by atoms with Crippen molar-refractivity contribution in [3.05, 3.63) is 71.3 Å². The topological polar surface area (TPSA) is 194 Å². The molecule has 1 aromatic heterocycles. The Morgan fingerprint density at radius 2 is 1.74 bits per heavy atom. The van der Waals surface area contributed by atoms with Crippen LogP contribution < -0.4 is 5.73 Å². The number of carboxylic acids is 2. The van der Waals surface area contributed by atoms with Crippen LogP contribution >= 0.6 is 0 Å². The average Bonchev–Trinajstić information content (AvgIpc) is 3.25. The summed E-state index contributed by atoms with van der Waals surface area (Å²) in [5, 5.41) is 47.7. The number of H-pyrrole nitrogens is 1. The van der Waals surface area contributed by atoms with Crippen LogP contribution in [-0.4, -0.2) is 48.2 Å². The van der Waals surface area contributed by atoms with E-state index in [4.69, 9.17) is 11.1 Å². The van der Waals surface area contributed by atoms with E-state index in [2.05, 4.69) is 9.97 Å². The van der Waals surface area contributed by atoms with Gasteiger partial charge in [0.1, 0.15) is 17.4 Å². The largest absolute Gasteiger partial charge is 0.507 e. The maximum absolute atomic E-state index is 12.0. The van der Waals surface area contributed by atoms with E-state index in [0.29, 0.717) is 27.7 Å². The Morgan fingerprint density at radius 3 is 2.40 bits per heavy atom. The lowest BCUT2D eigenvalue weighted by Gasteiger charge is -2.17. The van der Waals surface area contributed by atoms with E-state index in [-0.39, 0.29) is 40.7 Å². The molecule has 0 saturated carbocycles. The summed E-state index contributed by atoms with van der Waals surface area (Å²) >= 11 is 0. The molecular weight excluding hydrogens is 452 g/mol. The highest BCUT2D eigenvalue weighted by atomic mass is 16.4. The molecule has 0 fully saturated rings. The summed E-state index contributed by atoms with van der Waals surface area (Å²) in [7, 11) is 0. The Bertz CT molecular complexity index is 1480. The molecule has 1 unspecified atom stereocenters. The van der Waals surface area contributed by atoms with Crippen LogP contribution in [0.15, 0.2) is 54.6 Å². The molecule has 0 aliphatic heterocycles. The summed E-state index contributed by atoms with van der Waals surface area (Å²) in [5.74, 6) is -4.16. The monoisotopic (exact) mass is 474 g/mol. The van der Waals surface area contributed by atoms with Gasteiger partial charge in [-0.15, -0.1) is 0 Å². The summed E-state index contributed by atoms with van der Waals surface area (Å²) in [6.45, 7) is -0.328. The molecule has 35 heavy (non-hydrogen) atoms. The summed E-state index contributed by atoms with van der Waals surface area (Å²) < 4.78 is 0. The lowest BCUT2D eigenvalue weighted by molar-refractivity contribution is -0.145. The van der Waals surface area contributed by atoms with Crippen molar-refractivity contribution in [2.75, 3.05) is 0 Å². The molecule has 178 valence electrons. The van der Waals surface area contributed by atoms with Crippen LogP contribution in [0.25, 0.3) is 33.5 Å². The number of benzene rings is 3. The SMILES string of the molecule is N=C(N)c1ccc2[nH]c(-c3cc(C(CC(=O)O)C(=O)O)cc(-c4ccccc4CO)c3O)nc2c1. The number of aromatic hydroxyl groups is 1. The van der Waals surface area contributed by atoms with E-state index in [1.54, 1.807) is 42.5 Å². The zero-order valence-corrected chi connectivity index (χ0v) is 18.3. The molecule has 1 atom stereocenters. The number of aromatic nitrogens is 2. The van der Waals surface area contributed by atoms with Crippen molar-refractivity contribution in [1.82, 2.24) is 9.97 Å². The maximum Gasteiger partial charge on any atom is 0.311 e. The van der Waals surface area contributed by atoms with Gasteiger partial charge in [0.15, 0.2) is 0 Å². The molecule has 4 rings (SSSR count). The Hall–Kier alpha value is -4.70. The Balaban J connectivity index is 1.99. The lowest BCUT2D eigenvalue weighted by atomic mass is 9.88. The van der Waals surface area contributed by atoms with Gasteiger partial charge >= 0.3 is 11.9 Å². The molecule has 0 amide bonds. The first-order valence-corrected chi connectivity index (χ1v) is 10.5. The number of phenols is 1. The zero-order valence-electron chi connectivity index (χ0n) is 18.3. The van der Waals surface area contributed by atoms with Gasteiger partial charge in [-0.25, -0.2) is 4.98 Å². The van der Waals surface area contributed by atoms with Crippen LogP contribution in [0, 0.1) is 5.41 Å². The van der Waals surface area contributed by atoms with Crippen LogP contribution in [0.3, 0.4) is 0 Å². The van der Waals surface area contributed by atoms with Gasteiger partial charge in [0.25, 0.3) is 0 Å². The van der Waals surface area contributed by atoms with Gasteiger partial charge in [-0.1, -0.05) is 24.3 Å². The van der Waals surface area contributed by atoms with Gasteiger partial charge in [0.2, 0.25) is 0 Å². The minimum Gasteiger partial charge on any atom is -0.507 e. The van der Waals surface area contributed by atoms with E-state index < -0.39 is 24.3 Å². The van der Waals surface area contributed by atoms with E-state index in [1.165, 1.54) is 12.1 Å². The molecule has 0 aliphatic rings. The number of hydrogen-bond acceptors (Lipinski definition) is 6. The Morgan fingerprint density at radius 1 is 1.03 bits per heavy atom. The highest BCUT2D eigenvalue weighted by Crippen LogP contribution is 2.42. The number of amidine groups is 1. The number of hydrogen-bond donors (Lipinski definition) is 7. The van der Waals surface area contributed by atoms with Crippen molar-refractivity contribution in [2.24, 2.45) is 5.73 Å². The van der Waals surface area contributed by atoms with Crippen LogP contribution in [0.1, 0.15) is 29.0 Å². The number of aromatic amines is 1. The first-order chi connectivity index (χ1) is 16.7. The van der Waals surface area contributed by atoms with Crippen molar-refractivity contribution >= 4 is 28.8 Å². The average molecular weight is 474 g/mol. The number of nitrogen functional groups attached to an aromatic ring is 1. The molecule has 0 saturated heterocycles. The predicted molar refractivity (Wildman–Crippen MR) is 128 cm³/mol. The summed E-state index contributed by atoms with van der Waals surface area (Å²) in [6, 6.07) is 14.5. The molecule has 1 heterocycles. The normalized spacial score (nSPS) is 11.9. The van der Waals surface area contributed by atoms with Crippen LogP contribution in [0.2, 0.25) is 0 Å². The van der Waals surface area contributed by atoms with E-state index in [9.17, 15) is 30.0 Å². The fourth-order valence-electron chi connectivity index (χ4n) is 3.99. The first-order valence-electron chi connectivity index (χ1n) is 10.5. The van der Waals surface area contributed by atoms with Crippen LogP contribution in [0.4, 0.5) is 0 Å². The lowest BCUT2D eigenvalue weighted by Crippen LogP contribution is -2.16. The number of rotatable bonds is 8. The van der Waals surface area contributed by atoms with Gasteiger partial charge in [0, 0.05) is 11.1 Å². The molecule has 4 aromatic rings. The molecule has 10 heteroatoms. The molecule has 0 aliphatic carbocycles. The minimum absolute atomic E-state index is 0.137. The first kappa shape index (κ1) is 23.5. The number of aliphatic hydroxyl groups is 1. The third kappa shape index (κ3) is 4.55. The molecular formula is C25H22N4O6. The standard InChI is InChI=1S/C25H22N4O6/c26-23(27)12-5-6-19-20(9-12)29-24(28-19)18-8-14(16(25(34)35)10-21(31)32)7-17(22(18)33)15-4-2-1-3-13(15)11-30/h1-9,16,30,33H,10-11H2,(H3,26,27)(H,28,29)(H,31,32)(H,34,35). The minimum atomic E-state index is -1.39. The van der Waals surface area contributed by atoms with Crippen molar-refractivity contribution in [3.63, 3.8) is 0 Å². The number of aliphatic carboxylic acids is 2. The van der Waals surface area contributed by atoms with Gasteiger partial charge in [-0.2, -0.15) is 0 Å². The summed E-state index contributed by atoms with van der Waals surface area (Å²) in [4.78, 5) is 30.9. The highest BCUT2D eigenvalue weighted by molar-refractivity contribution is 5.98. The fourth-order valence-corrected chi connectivity index (χ4v) is 3.99. The number of nitrogens with two attached hydrogens (primary N) is 1. The second-order valence-corrected chi connectivity index (χ2v) is 8.00. The fraction of sp³-hybridized carbons (Fsp3) is 0.120. The predicted octanol–water partition coefficient (Wildman–Crippen LogP) is 3.02. The van der Waals surface area contributed by atoms with Gasteiger partial charge < -0.3 is 31.1 Å². The van der Waals surface area contributed by atoms with E-state index >= 15 is 0 Å². The van der Waals surface area contributed by atoms with Crippen molar-refractivity contribution in [2.45, 2.75) is 18.9 Å². The molecule has 0 radical (unpaired) electrons. The number of nitrogens with one attached hydrogen (secondary N) is 2. The maximum atomic E-state index is 12.0. The van der Waals surface area contributed by atoms with Crippen molar-refractivity contribution in [3.8, 4) is 28.3 Å². The molecule has 10 nitrogen and oxygen atoms in total. The number of aliphatic hydroxyl groups excluding tert-OH is 1. The third-order valence-corrected chi connectivity index (χ3v) is 5.74. The van der Waals surface area contributed by atoms with E-state index in [1.807, 2.05) is 0 Å².